The number of anilines is 2. The van der Waals surface area contributed by atoms with Crippen LogP contribution in [0.25, 0.3) is 0 Å². The molecule has 0 aromatic carbocycles. The van der Waals surface area contributed by atoms with Crippen LogP contribution in [0.2, 0.25) is 0 Å². The standard InChI is InChI=1S/C15H24N2O3S/c1-9(2)11(18)13-10(16)12(19-5)14(21-13)17-6-7-20-15(3,4)8-17/h9H,6-8,16H2,1-5H3. The molecule has 1 saturated heterocycles. The van der Waals surface area contributed by atoms with Crippen LogP contribution in [0.3, 0.4) is 0 Å². The molecule has 1 aromatic heterocycles. The van der Waals surface area contributed by atoms with Gasteiger partial charge in [0, 0.05) is 19.0 Å². The number of carbonyl (C=O) groups excluding carboxylic acids is 1. The van der Waals surface area contributed by atoms with Crippen LogP contribution in [0.4, 0.5) is 10.7 Å². The SMILES string of the molecule is COc1c(N2CCOC(C)(C)C2)sc(C(=O)C(C)C)c1N. The predicted octanol–water partition coefficient (Wildman–Crippen LogP) is 2.79. The molecule has 0 saturated carbocycles. The minimum absolute atomic E-state index is 0.0644. The number of nitrogens with two attached hydrogens (primary N) is 1. The molecule has 0 unspecified atom stereocenters. The molecule has 0 atom stereocenters. The van der Waals surface area contributed by atoms with Gasteiger partial charge in [0.05, 0.1) is 29.9 Å². The van der Waals surface area contributed by atoms with Gasteiger partial charge in [0.2, 0.25) is 0 Å². The van der Waals surface area contributed by atoms with Crippen LogP contribution in [0.5, 0.6) is 5.75 Å². The van der Waals surface area contributed by atoms with E-state index in [9.17, 15) is 4.79 Å². The Morgan fingerprint density at radius 2 is 2.14 bits per heavy atom. The van der Waals surface area contributed by atoms with Crippen molar-refractivity contribution in [2.75, 3.05) is 37.4 Å². The third-order valence-corrected chi connectivity index (χ3v) is 4.81. The molecule has 0 aliphatic carbocycles. The highest BCUT2D eigenvalue weighted by molar-refractivity contribution is 7.19. The molecule has 118 valence electrons. The summed E-state index contributed by atoms with van der Waals surface area (Å²) in [4.78, 5) is 15.1. The summed E-state index contributed by atoms with van der Waals surface area (Å²) in [6.45, 7) is 10.1. The first-order chi connectivity index (χ1) is 9.76. The fourth-order valence-corrected chi connectivity index (χ4v) is 3.76. The molecule has 0 amide bonds. The number of ether oxygens (including phenoxy) is 2. The second kappa shape index (κ2) is 5.85. The van der Waals surface area contributed by atoms with E-state index in [1.807, 2.05) is 13.8 Å². The Morgan fingerprint density at radius 3 is 2.67 bits per heavy atom. The molecule has 2 heterocycles. The molecule has 1 aliphatic heterocycles. The molecular formula is C15H24N2O3S. The lowest BCUT2D eigenvalue weighted by Gasteiger charge is -2.38. The second-order valence-electron chi connectivity index (χ2n) is 6.23. The minimum Gasteiger partial charge on any atom is -0.492 e. The number of hydrogen-bond donors (Lipinski definition) is 1. The summed E-state index contributed by atoms with van der Waals surface area (Å²) in [6.07, 6.45) is 0. The van der Waals surface area contributed by atoms with Gasteiger partial charge in [0.15, 0.2) is 11.5 Å². The van der Waals surface area contributed by atoms with Gasteiger partial charge < -0.3 is 20.1 Å². The zero-order valence-electron chi connectivity index (χ0n) is 13.4. The number of thiophene rings is 1. The maximum Gasteiger partial charge on any atom is 0.177 e. The van der Waals surface area contributed by atoms with Crippen molar-refractivity contribution >= 4 is 27.8 Å². The highest BCUT2D eigenvalue weighted by Gasteiger charge is 2.32. The van der Waals surface area contributed by atoms with E-state index in [4.69, 9.17) is 15.2 Å². The molecular weight excluding hydrogens is 288 g/mol. The van der Waals surface area contributed by atoms with E-state index in [2.05, 4.69) is 18.7 Å². The smallest absolute Gasteiger partial charge is 0.177 e. The average Bonchev–Trinajstić information content (AvgIpc) is 2.73. The maximum absolute atomic E-state index is 12.3. The Bertz CT molecular complexity index is 537. The van der Waals surface area contributed by atoms with Crippen molar-refractivity contribution < 1.29 is 14.3 Å². The first-order valence-electron chi connectivity index (χ1n) is 7.16. The van der Waals surface area contributed by atoms with Gasteiger partial charge in [0.1, 0.15) is 5.00 Å². The van der Waals surface area contributed by atoms with Gasteiger partial charge in [-0.2, -0.15) is 0 Å². The molecule has 0 spiro atoms. The van der Waals surface area contributed by atoms with E-state index < -0.39 is 0 Å². The zero-order chi connectivity index (χ0) is 15.8. The number of rotatable bonds is 4. The van der Waals surface area contributed by atoms with Crippen LogP contribution in [0.1, 0.15) is 37.4 Å². The molecule has 2 N–H and O–H groups in total. The van der Waals surface area contributed by atoms with Crippen LogP contribution in [0.15, 0.2) is 0 Å². The Morgan fingerprint density at radius 1 is 1.48 bits per heavy atom. The minimum atomic E-state index is -0.218. The van der Waals surface area contributed by atoms with Gasteiger partial charge in [-0.05, 0) is 13.8 Å². The fourth-order valence-electron chi connectivity index (χ4n) is 2.46. The lowest BCUT2D eigenvalue weighted by molar-refractivity contribution is -0.0275. The van der Waals surface area contributed by atoms with Crippen molar-refractivity contribution in [2.45, 2.75) is 33.3 Å². The monoisotopic (exact) mass is 312 g/mol. The van der Waals surface area contributed by atoms with Crippen molar-refractivity contribution in [1.29, 1.82) is 0 Å². The third-order valence-electron chi connectivity index (χ3n) is 3.55. The summed E-state index contributed by atoms with van der Waals surface area (Å²) in [6, 6.07) is 0. The fraction of sp³-hybridized carbons (Fsp3) is 0.667. The number of carbonyl (C=O) groups is 1. The maximum atomic E-state index is 12.3. The topological polar surface area (TPSA) is 64.8 Å². The lowest BCUT2D eigenvalue weighted by atomic mass is 10.1. The molecule has 1 aromatic rings. The Balaban J connectivity index is 2.39. The number of nitrogen functional groups attached to an aromatic ring is 1. The average molecular weight is 312 g/mol. The number of ketones is 1. The van der Waals surface area contributed by atoms with Gasteiger partial charge in [-0.1, -0.05) is 13.8 Å². The van der Waals surface area contributed by atoms with E-state index in [1.165, 1.54) is 11.3 Å². The molecule has 0 bridgehead atoms. The van der Waals surface area contributed by atoms with E-state index in [-0.39, 0.29) is 17.3 Å². The number of hydrogen-bond acceptors (Lipinski definition) is 6. The van der Waals surface area contributed by atoms with Crippen LogP contribution in [-0.2, 0) is 4.74 Å². The van der Waals surface area contributed by atoms with Gasteiger partial charge in [-0.3, -0.25) is 4.79 Å². The highest BCUT2D eigenvalue weighted by Crippen LogP contribution is 2.46. The molecule has 1 fully saturated rings. The first kappa shape index (κ1) is 16.1. The van der Waals surface area contributed by atoms with Crippen molar-refractivity contribution in [3.63, 3.8) is 0 Å². The molecule has 2 rings (SSSR count). The van der Waals surface area contributed by atoms with Gasteiger partial charge in [0.25, 0.3) is 0 Å². The second-order valence-corrected chi connectivity index (χ2v) is 7.23. The zero-order valence-corrected chi connectivity index (χ0v) is 14.2. The normalized spacial score (nSPS) is 18.1. The van der Waals surface area contributed by atoms with Crippen LogP contribution >= 0.6 is 11.3 Å². The summed E-state index contributed by atoms with van der Waals surface area (Å²) in [5.41, 5.74) is 6.38. The van der Waals surface area contributed by atoms with E-state index in [0.29, 0.717) is 22.9 Å². The quantitative estimate of drug-likeness (QED) is 0.866. The third kappa shape index (κ3) is 3.16. The summed E-state index contributed by atoms with van der Waals surface area (Å²) >= 11 is 1.43. The van der Waals surface area contributed by atoms with Gasteiger partial charge >= 0.3 is 0 Å². The van der Waals surface area contributed by atoms with Gasteiger partial charge in [-0.15, -0.1) is 11.3 Å². The Labute approximate surface area is 130 Å². The molecule has 1 aliphatic rings. The summed E-state index contributed by atoms with van der Waals surface area (Å²) in [5.74, 6) is 0.598. The van der Waals surface area contributed by atoms with Crippen LogP contribution in [-0.4, -0.2) is 38.2 Å². The van der Waals surface area contributed by atoms with E-state index >= 15 is 0 Å². The number of methoxy groups -OCH3 is 1. The number of nitrogens with zero attached hydrogens (tertiary/aromatic N) is 1. The summed E-state index contributed by atoms with van der Waals surface area (Å²) in [7, 11) is 1.59. The summed E-state index contributed by atoms with van der Waals surface area (Å²) < 4.78 is 11.2. The van der Waals surface area contributed by atoms with Crippen molar-refractivity contribution in [1.82, 2.24) is 0 Å². The number of morpholine rings is 1. The Hall–Kier alpha value is -1.27. The Kier molecular flexibility index (Phi) is 4.49. The first-order valence-corrected chi connectivity index (χ1v) is 7.98. The van der Waals surface area contributed by atoms with Crippen LogP contribution < -0.4 is 15.4 Å². The summed E-state index contributed by atoms with van der Waals surface area (Å²) in [5, 5.41) is 0.926. The van der Waals surface area contributed by atoms with Crippen molar-refractivity contribution in [2.24, 2.45) is 5.92 Å². The van der Waals surface area contributed by atoms with E-state index in [0.717, 1.165) is 18.1 Å². The lowest BCUT2D eigenvalue weighted by Crippen LogP contribution is -2.48. The molecule has 5 nitrogen and oxygen atoms in total. The molecule has 21 heavy (non-hydrogen) atoms. The van der Waals surface area contributed by atoms with E-state index in [1.54, 1.807) is 7.11 Å². The van der Waals surface area contributed by atoms with Crippen molar-refractivity contribution in [3.8, 4) is 5.75 Å². The van der Waals surface area contributed by atoms with Crippen LogP contribution in [0, 0.1) is 5.92 Å². The predicted molar refractivity (Wildman–Crippen MR) is 86.7 cm³/mol. The van der Waals surface area contributed by atoms with Gasteiger partial charge in [-0.25, -0.2) is 0 Å². The molecule has 6 heteroatoms. The molecule has 0 radical (unpaired) electrons. The number of Topliss-reactive ketones (excluding diaryl/α,β-unsaturated/α-hetero) is 1. The van der Waals surface area contributed by atoms with Crippen molar-refractivity contribution in [3.05, 3.63) is 4.88 Å². The highest BCUT2D eigenvalue weighted by atomic mass is 32.1. The largest absolute Gasteiger partial charge is 0.492 e.